The summed E-state index contributed by atoms with van der Waals surface area (Å²) in [6.45, 7) is 6.20. The summed E-state index contributed by atoms with van der Waals surface area (Å²) < 4.78 is 0. The van der Waals surface area contributed by atoms with E-state index in [1.807, 2.05) is 13.8 Å². The van der Waals surface area contributed by atoms with Gasteiger partial charge in [0.15, 0.2) is 0 Å². The monoisotopic (exact) mass is 238 g/mol. The van der Waals surface area contributed by atoms with Gasteiger partial charge in [0, 0.05) is 6.04 Å². The van der Waals surface area contributed by atoms with Crippen LogP contribution >= 0.6 is 0 Å². The lowest BCUT2D eigenvalue weighted by molar-refractivity contribution is -0.124. The summed E-state index contributed by atoms with van der Waals surface area (Å²) in [4.78, 5) is 11.7. The molecule has 0 radical (unpaired) electrons. The second-order valence-corrected chi connectivity index (χ2v) is 4.73. The van der Waals surface area contributed by atoms with E-state index < -0.39 is 5.92 Å². The first-order valence-corrected chi connectivity index (χ1v) is 6.85. The van der Waals surface area contributed by atoms with Crippen molar-refractivity contribution in [3.63, 3.8) is 0 Å². The number of unbranched alkanes of at least 4 members (excludes halogenated alkanes) is 3. The molecule has 0 bridgehead atoms. The van der Waals surface area contributed by atoms with Crippen LogP contribution in [0.1, 0.15) is 65.7 Å². The van der Waals surface area contributed by atoms with Gasteiger partial charge in [0.25, 0.3) is 0 Å². The second kappa shape index (κ2) is 10.1. The second-order valence-electron chi connectivity index (χ2n) is 4.73. The number of hydrogen-bond acceptors (Lipinski definition) is 2. The summed E-state index contributed by atoms with van der Waals surface area (Å²) in [5.74, 6) is -0.574. The lowest BCUT2D eigenvalue weighted by Crippen LogP contribution is -2.36. The fraction of sp³-hybridized carbons (Fsp3) is 0.857. The molecule has 0 aliphatic rings. The first-order valence-electron chi connectivity index (χ1n) is 6.85. The molecule has 3 heteroatoms. The minimum atomic E-state index is -0.474. The summed E-state index contributed by atoms with van der Waals surface area (Å²) in [5.41, 5.74) is 0. The highest BCUT2D eigenvalue weighted by atomic mass is 16.1. The number of rotatable bonds is 9. The maximum absolute atomic E-state index is 11.7. The zero-order valence-electron chi connectivity index (χ0n) is 11.5. The van der Waals surface area contributed by atoms with E-state index in [4.69, 9.17) is 5.26 Å². The normalized spacial score (nSPS) is 13.8. The van der Waals surface area contributed by atoms with Crippen LogP contribution < -0.4 is 5.32 Å². The van der Waals surface area contributed by atoms with Crippen molar-refractivity contribution in [2.75, 3.05) is 0 Å². The molecule has 2 atom stereocenters. The molecule has 98 valence electrons. The van der Waals surface area contributed by atoms with Gasteiger partial charge in [0.05, 0.1) is 6.07 Å². The fourth-order valence-corrected chi connectivity index (χ4v) is 1.84. The predicted octanol–water partition coefficient (Wildman–Crippen LogP) is 3.40. The summed E-state index contributed by atoms with van der Waals surface area (Å²) in [6.07, 6.45) is 7.41. The summed E-state index contributed by atoms with van der Waals surface area (Å²) in [6, 6.07) is 2.26. The third-order valence-corrected chi connectivity index (χ3v) is 2.93. The Labute approximate surface area is 106 Å². The van der Waals surface area contributed by atoms with Crippen LogP contribution in [0.2, 0.25) is 0 Å². The van der Waals surface area contributed by atoms with Gasteiger partial charge in [-0.2, -0.15) is 5.26 Å². The first-order chi connectivity index (χ1) is 8.15. The molecule has 0 rings (SSSR count). The van der Waals surface area contributed by atoms with Gasteiger partial charge in [-0.3, -0.25) is 4.79 Å². The number of carbonyl (C=O) groups is 1. The lowest BCUT2D eigenvalue weighted by atomic mass is 10.0. The number of amides is 1. The van der Waals surface area contributed by atoms with Crippen LogP contribution in [-0.4, -0.2) is 11.9 Å². The third-order valence-electron chi connectivity index (χ3n) is 2.93. The SMILES string of the molecule is CCCCCCC(C)NC(=O)C(C#N)CCC. The first kappa shape index (κ1) is 16.0. The standard InChI is InChI=1S/C14H26N2O/c1-4-6-7-8-10-12(3)16-14(17)13(11-15)9-5-2/h12-13H,4-10H2,1-3H3,(H,16,17). The average molecular weight is 238 g/mol. The average Bonchev–Trinajstić information content (AvgIpc) is 2.31. The molecule has 0 aromatic rings. The summed E-state index contributed by atoms with van der Waals surface area (Å²) in [7, 11) is 0. The van der Waals surface area contributed by atoms with Crippen molar-refractivity contribution in [3.8, 4) is 6.07 Å². The smallest absolute Gasteiger partial charge is 0.237 e. The largest absolute Gasteiger partial charge is 0.353 e. The molecule has 0 spiro atoms. The van der Waals surface area contributed by atoms with E-state index in [9.17, 15) is 4.79 Å². The molecule has 2 unspecified atom stereocenters. The van der Waals surface area contributed by atoms with Crippen molar-refractivity contribution < 1.29 is 4.79 Å². The predicted molar refractivity (Wildman–Crippen MR) is 70.4 cm³/mol. The molecule has 0 saturated carbocycles. The van der Waals surface area contributed by atoms with E-state index in [0.29, 0.717) is 6.42 Å². The maximum atomic E-state index is 11.7. The van der Waals surface area contributed by atoms with E-state index >= 15 is 0 Å². The Morgan fingerprint density at radius 3 is 2.41 bits per heavy atom. The molecule has 0 aliphatic heterocycles. The van der Waals surface area contributed by atoms with E-state index in [-0.39, 0.29) is 11.9 Å². The Morgan fingerprint density at radius 2 is 1.88 bits per heavy atom. The Kier molecular flexibility index (Phi) is 9.52. The van der Waals surface area contributed by atoms with Crippen LogP contribution in [0.4, 0.5) is 0 Å². The molecule has 0 aromatic carbocycles. The highest BCUT2D eigenvalue weighted by Crippen LogP contribution is 2.08. The minimum Gasteiger partial charge on any atom is -0.353 e. The summed E-state index contributed by atoms with van der Waals surface area (Å²) >= 11 is 0. The highest BCUT2D eigenvalue weighted by molar-refractivity contribution is 5.81. The van der Waals surface area contributed by atoms with Crippen LogP contribution in [0.3, 0.4) is 0 Å². The van der Waals surface area contributed by atoms with E-state index in [1.54, 1.807) is 0 Å². The van der Waals surface area contributed by atoms with Gasteiger partial charge in [-0.25, -0.2) is 0 Å². The Bertz CT molecular complexity index is 245. The number of nitrogens with zero attached hydrogens (tertiary/aromatic N) is 1. The number of nitriles is 1. The zero-order chi connectivity index (χ0) is 13.1. The fourth-order valence-electron chi connectivity index (χ4n) is 1.84. The Morgan fingerprint density at radius 1 is 1.18 bits per heavy atom. The molecule has 0 heterocycles. The molecule has 0 saturated heterocycles. The van der Waals surface area contributed by atoms with E-state index in [1.165, 1.54) is 19.3 Å². The van der Waals surface area contributed by atoms with E-state index in [2.05, 4.69) is 18.3 Å². The van der Waals surface area contributed by atoms with Crippen molar-refractivity contribution >= 4 is 5.91 Å². The maximum Gasteiger partial charge on any atom is 0.237 e. The molecule has 1 amide bonds. The van der Waals surface area contributed by atoms with Crippen molar-refractivity contribution in [3.05, 3.63) is 0 Å². The zero-order valence-corrected chi connectivity index (χ0v) is 11.5. The molecule has 1 N–H and O–H groups in total. The number of nitrogens with one attached hydrogen (secondary N) is 1. The number of carbonyl (C=O) groups excluding carboxylic acids is 1. The van der Waals surface area contributed by atoms with Crippen molar-refractivity contribution in [1.29, 1.82) is 5.26 Å². The van der Waals surface area contributed by atoms with Crippen molar-refractivity contribution in [2.45, 2.75) is 71.8 Å². The topological polar surface area (TPSA) is 52.9 Å². The third kappa shape index (κ3) is 7.79. The Balaban J connectivity index is 3.82. The highest BCUT2D eigenvalue weighted by Gasteiger charge is 2.18. The van der Waals surface area contributed by atoms with Crippen LogP contribution in [0.15, 0.2) is 0 Å². The molecule has 17 heavy (non-hydrogen) atoms. The van der Waals surface area contributed by atoms with Crippen molar-refractivity contribution in [1.82, 2.24) is 5.32 Å². The molecule has 3 nitrogen and oxygen atoms in total. The molecule has 0 aliphatic carbocycles. The van der Waals surface area contributed by atoms with Crippen LogP contribution in [0.25, 0.3) is 0 Å². The van der Waals surface area contributed by atoms with Gasteiger partial charge < -0.3 is 5.32 Å². The quantitative estimate of drug-likeness (QED) is 0.626. The van der Waals surface area contributed by atoms with Crippen LogP contribution in [0, 0.1) is 17.2 Å². The van der Waals surface area contributed by atoms with Crippen LogP contribution in [0.5, 0.6) is 0 Å². The number of hydrogen-bond donors (Lipinski definition) is 1. The molecular weight excluding hydrogens is 212 g/mol. The van der Waals surface area contributed by atoms with Crippen molar-refractivity contribution in [2.24, 2.45) is 5.92 Å². The molecule has 0 fully saturated rings. The van der Waals surface area contributed by atoms with Crippen LogP contribution in [-0.2, 0) is 4.79 Å². The minimum absolute atomic E-state index is 0.0997. The van der Waals surface area contributed by atoms with Gasteiger partial charge in [0.2, 0.25) is 5.91 Å². The van der Waals surface area contributed by atoms with E-state index in [0.717, 1.165) is 19.3 Å². The molecular formula is C14H26N2O. The van der Waals surface area contributed by atoms with Gasteiger partial charge in [-0.15, -0.1) is 0 Å². The summed E-state index contributed by atoms with van der Waals surface area (Å²) in [5, 5.41) is 11.8. The lowest BCUT2D eigenvalue weighted by Gasteiger charge is -2.15. The van der Waals surface area contributed by atoms with Gasteiger partial charge in [-0.1, -0.05) is 46.0 Å². The Hall–Kier alpha value is -1.04. The van der Waals surface area contributed by atoms with Gasteiger partial charge in [-0.05, 0) is 19.8 Å². The van der Waals surface area contributed by atoms with Gasteiger partial charge in [0.1, 0.15) is 5.92 Å². The molecule has 0 aromatic heterocycles. The van der Waals surface area contributed by atoms with Gasteiger partial charge >= 0.3 is 0 Å².